The number of hydrogen-bond acceptors (Lipinski definition) is 4. The average molecular weight is 210 g/mol. The van der Waals surface area contributed by atoms with Crippen molar-refractivity contribution in [1.82, 2.24) is 10.3 Å². The Hall–Kier alpha value is -0.970. The summed E-state index contributed by atoms with van der Waals surface area (Å²) in [6.45, 7) is 1.75. The predicted octanol–water partition coefficient (Wildman–Crippen LogP) is 0.221. The second-order valence-corrected chi connectivity index (χ2v) is 3.38. The molecule has 0 bridgehead atoms. The molecule has 0 amide bonds. The molecule has 84 valence electrons. The highest BCUT2D eigenvalue weighted by Crippen LogP contribution is 1.93. The van der Waals surface area contributed by atoms with Gasteiger partial charge < -0.3 is 15.2 Å². The van der Waals surface area contributed by atoms with E-state index in [2.05, 4.69) is 10.3 Å². The van der Waals surface area contributed by atoms with Gasteiger partial charge in [0.15, 0.2) is 0 Å². The minimum atomic E-state index is -0.432. The van der Waals surface area contributed by atoms with Crippen molar-refractivity contribution in [3.63, 3.8) is 0 Å². The van der Waals surface area contributed by atoms with Crippen LogP contribution in [0.25, 0.3) is 0 Å². The van der Waals surface area contributed by atoms with Crippen molar-refractivity contribution < 1.29 is 9.84 Å². The van der Waals surface area contributed by atoms with E-state index in [-0.39, 0.29) is 0 Å². The first-order chi connectivity index (χ1) is 7.33. The van der Waals surface area contributed by atoms with Crippen LogP contribution in [-0.4, -0.2) is 43.0 Å². The molecule has 0 spiro atoms. The second-order valence-electron chi connectivity index (χ2n) is 3.38. The maximum Gasteiger partial charge on any atom is 0.0897 e. The van der Waals surface area contributed by atoms with Crippen LogP contribution >= 0.6 is 0 Å². The summed E-state index contributed by atoms with van der Waals surface area (Å²) in [6, 6.07) is 5.87. The molecule has 1 rings (SSSR count). The predicted molar refractivity (Wildman–Crippen MR) is 58.7 cm³/mol. The number of hydrogen-bond donors (Lipinski definition) is 2. The molecule has 1 heterocycles. The fraction of sp³-hybridized carbons (Fsp3) is 0.545. The van der Waals surface area contributed by atoms with Gasteiger partial charge in [0.2, 0.25) is 0 Å². The van der Waals surface area contributed by atoms with Gasteiger partial charge in [0.05, 0.1) is 12.7 Å². The van der Waals surface area contributed by atoms with E-state index in [1.165, 1.54) is 0 Å². The summed E-state index contributed by atoms with van der Waals surface area (Å²) in [7, 11) is 1.58. The van der Waals surface area contributed by atoms with Crippen LogP contribution in [0.3, 0.4) is 0 Å². The fourth-order valence-electron chi connectivity index (χ4n) is 1.28. The number of methoxy groups -OCH3 is 1. The SMILES string of the molecule is COCC(O)CNCCc1ccccn1. The molecule has 0 aliphatic carbocycles. The largest absolute Gasteiger partial charge is 0.389 e. The van der Waals surface area contributed by atoms with Gasteiger partial charge in [-0.05, 0) is 12.1 Å². The molecule has 15 heavy (non-hydrogen) atoms. The zero-order valence-corrected chi connectivity index (χ0v) is 9.02. The van der Waals surface area contributed by atoms with Gasteiger partial charge in [0.25, 0.3) is 0 Å². The van der Waals surface area contributed by atoms with Crippen molar-refractivity contribution >= 4 is 0 Å². The number of pyridine rings is 1. The third-order valence-electron chi connectivity index (χ3n) is 2.02. The normalized spacial score (nSPS) is 12.7. The zero-order valence-electron chi connectivity index (χ0n) is 9.02. The Morgan fingerprint density at radius 2 is 2.40 bits per heavy atom. The van der Waals surface area contributed by atoms with Crippen molar-refractivity contribution in [1.29, 1.82) is 0 Å². The van der Waals surface area contributed by atoms with E-state index < -0.39 is 6.10 Å². The number of rotatable bonds is 7. The van der Waals surface area contributed by atoms with E-state index in [0.29, 0.717) is 13.2 Å². The quantitative estimate of drug-likeness (QED) is 0.632. The van der Waals surface area contributed by atoms with Crippen molar-refractivity contribution in [2.45, 2.75) is 12.5 Å². The Morgan fingerprint density at radius 3 is 3.07 bits per heavy atom. The summed E-state index contributed by atoms with van der Waals surface area (Å²) in [5.41, 5.74) is 1.06. The van der Waals surface area contributed by atoms with Crippen LogP contribution in [-0.2, 0) is 11.2 Å². The molecular formula is C11H18N2O2. The number of aliphatic hydroxyl groups excluding tert-OH is 1. The molecule has 0 aromatic carbocycles. The van der Waals surface area contributed by atoms with Gasteiger partial charge in [0, 0.05) is 38.5 Å². The van der Waals surface area contributed by atoms with Gasteiger partial charge in [-0.25, -0.2) is 0 Å². The molecule has 1 aromatic rings. The molecule has 0 saturated heterocycles. The van der Waals surface area contributed by atoms with Crippen LogP contribution in [0, 0.1) is 0 Å². The molecule has 1 unspecified atom stereocenters. The Balaban J connectivity index is 2.07. The molecule has 0 radical (unpaired) electrons. The number of nitrogens with zero attached hydrogens (tertiary/aromatic N) is 1. The maximum absolute atomic E-state index is 9.34. The molecule has 0 saturated carbocycles. The van der Waals surface area contributed by atoms with Crippen LogP contribution in [0.1, 0.15) is 5.69 Å². The van der Waals surface area contributed by atoms with E-state index in [4.69, 9.17) is 4.74 Å². The fourth-order valence-corrected chi connectivity index (χ4v) is 1.28. The first-order valence-corrected chi connectivity index (χ1v) is 5.10. The lowest BCUT2D eigenvalue weighted by molar-refractivity contribution is 0.0648. The Kier molecular flexibility index (Phi) is 5.92. The van der Waals surface area contributed by atoms with Crippen molar-refractivity contribution in [3.05, 3.63) is 30.1 Å². The molecule has 4 nitrogen and oxygen atoms in total. The van der Waals surface area contributed by atoms with Gasteiger partial charge in [-0.3, -0.25) is 4.98 Å². The van der Waals surface area contributed by atoms with E-state index in [9.17, 15) is 5.11 Å². The molecule has 1 aromatic heterocycles. The van der Waals surface area contributed by atoms with Crippen LogP contribution in [0.15, 0.2) is 24.4 Å². The molecule has 0 fully saturated rings. The van der Waals surface area contributed by atoms with E-state index >= 15 is 0 Å². The van der Waals surface area contributed by atoms with Crippen LogP contribution in [0.4, 0.5) is 0 Å². The molecule has 0 aliphatic heterocycles. The summed E-state index contributed by atoms with van der Waals surface area (Å²) >= 11 is 0. The van der Waals surface area contributed by atoms with Crippen LogP contribution in [0.5, 0.6) is 0 Å². The minimum absolute atomic E-state index is 0.372. The lowest BCUT2D eigenvalue weighted by Crippen LogP contribution is -2.31. The molecule has 2 N–H and O–H groups in total. The van der Waals surface area contributed by atoms with Gasteiger partial charge in [-0.2, -0.15) is 0 Å². The van der Waals surface area contributed by atoms with E-state index in [1.54, 1.807) is 13.3 Å². The first kappa shape index (κ1) is 12.1. The highest BCUT2D eigenvalue weighted by Gasteiger charge is 2.01. The van der Waals surface area contributed by atoms with Gasteiger partial charge in [0.1, 0.15) is 0 Å². The smallest absolute Gasteiger partial charge is 0.0897 e. The molecule has 0 aliphatic rings. The molecular weight excluding hydrogens is 192 g/mol. The molecule has 1 atom stereocenters. The monoisotopic (exact) mass is 210 g/mol. The van der Waals surface area contributed by atoms with Crippen molar-refractivity contribution in [3.8, 4) is 0 Å². The van der Waals surface area contributed by atoms with Crippen LogP contribution in [0.2, 0.25) is 0 Å². The lowest BCUT2D eigenvalue weighted by Gasteiger charge is -2.10. The maximum atomic E-state index is 9.34. The number of aromatic nitrogens is 1. The summed E-state index contributed by atoms with van der Waals surface area (Å²) < 4.78 is 4.82. The topological polar surface area (TPSA) is 54.4 Å². The summed E-state index contributed by atoms with van der Waals surface area (Å²) in [6.07, 6.45) is 2.23. The highest BCUT2D eigenvalue weighted by atomic mass is 16.5. The number of nitrogens with one attached hydrogen (secondary N) is 1. The Labute approximate surface area is 90.3 Å². The minimum Gasteiger partial charge on any atom is -0.389 e. The number of ether oxygens (including phenoxy) is 1. The van der Waals surface area contributed by atoms with Crippen molar-refractivity contribution in [2.24, 2.45) is 0 Å². The molecule has 4 heteroatoms. The van der Waals surface area contributed by atoms with E-state index in [1.807, 2.05) is 18.2 Å². The highest BCUT2D eigenvalue weighted by molar-refractivity contribution is 5.03. The van der Waals surface area contributed by atoms with Crippen LogP contribution < -0.4 is 5.32 Å². The van der Waals surface area contributed by atoms with Gasteiger partial charge in [-0.15, -0.1) is 0 Å². The van der Waals surface area contributed by atoms with Gasteiger partial charge in [-0.1, -0.05) is 6.07 Å². The second kappa shape index (κ2) is 7.34. The summed E-state index contributed by atoms with van der Waals surface area (Å²) in [5.74, 6) is 0. The average Bonchev–Trinajstić information content (AvgIpc) is 2.26. The van der Waals surface area contributed by atoms with Crippen molar-refractivity contribution in [2.75, 3.05) is 26.8 Å². The Morgan fingerprint density at radius 1 is 1.53 bits per heavy atom. The summed E-state index contributed by atoms with van der Waals surface area (Å²) in [4.78, 5) is 4.20. The lowest BCUT2D eigenvalue weighted by atomic mass is 10.2. The zero-order chi connectivity index (χ0) is 10.9. The third kappa shape index (κ3) is 5.47. The number of aliphatic hydroxyl groups is 1. The standard InChI is InChI=1S/C11H18N2O2/c1-15-9-11(14)8-12-7-5-10-4-2-3-6-13-10/h2-4,6,11-12,14H,5,7-9H2,1H3. The van der Waals surface area contributed by atoms with Gasteiger partial charge >= 0.3 is 0 Å². The first-order valence-electron chi connectivity index (χ1n) is 5.10. The summed E-state index contributed by atoms with van der Waals surface area (Å²) in [5, 5.41) is 12.5. The third-order valence-corrected chi connectivity index (χ3v) is 2.02. The van der Waals surface area contributed by atoms with E-state index in [0.717, 1.165) is 18.7 Å². The Bertz CT molecular complexity index is 254.